The van der Waals surface area contributed by atoms with Gasteiger partial charge in [-0.25, -0.2) is 9.97 Å². The third-order valence-electron chi connectivity index (χ3n) is 2.86. The molecule has 1 fully saturated rings. The Labute approximate surface area is 109 Å². The number of nitro groups is 1. The standard InChI is InChI=1S/C10H13ClN4O3/c11-9-8(15(16)17)10(14-6-13-9)12-5-7-1-3-18-4-2-7/h6-7H,1-5H2,(H,12,13,14). The molecule has 1 N–H and O–H groups in total. The van der Waals surface area contributed by atoms with Gasteiger partial charge in [-0.15, -0.1) is 0 Å². The van der Waals surface area contributed by atoms with Crippen LogP contribution in [-0.4, -0.2) is 34.6 Å². The first-order chi connectivity index (χ1) is 8.68. The van der Waals surface area contributed by atoms with Gasteiger partial charge in [0.1, 0.15) is 6.33 Å². The van der Waals surface area contributed by atoms with E-state index in [0.717, 1.165) is 26.1 Å². The molecule has 0 atom stereocenters. The molecule has 0 spiro atoms. The molecule has 8 heteroatoms. The summed E-state index contributed by atoms with van der Waals surface area (Å²) in [7, 11) is 0. The van der Waals surface area contributed by atoms with E-state index >= 15 is 0 Å². The third kappa shape index (κ3) is 3.05. The molecule has 0 bridgehead atoms. The molecule has 1 aromatic heterocycles. The lowest BCUT2D eigenvalue weighted by atomic mass is 10.0. The zero-order valence-electron chi connectivity index (χ0n) is 9.63. The van der Waals surface area contributed by atoms with Gasteiger partial charge in [-0.2, -0.15) is 0 Å². The maximum absolute atomic E-state index is 10.9. The van der Waals surface area contributed by atoms with Crippen LogP contribution in [0.5, 0.6) is 0 Å². The largest absolute Gasteiger partial charge is 0.381 e. The number of anilines is 1. The van der Waals surface area contributed by atoms with Crippen molar-refractivity contribution in [2.75, 3.05) is 25.1 Å². The number of rotatable bonds is 4. The fourth-order valence-electron chi connectivity index (χ4n) is 1.84. The molecule has 0 unspecified atom stereocenters. The number of hydrogen-bond donors (Lipinski definition) is 1. The van der Waals surface area contributed by atoms with E-state index in [2.05, 4.69) is 15.3 Å². The Balaban J connectivity index is 2.04. The molecule has 1 aliphatic rings. The Kier molecular flexibility index (Phi) is 4.27. The maximum Gasteiger partial charge on any atom is 0.348 e. The average Bonchev–Trinajstić information content (AvgIpc) is 2.37. The van der Waals surface area contributed by atoms with Crippen LogP contribution in [0.25, 0.3) is 0 Å². The molecular formula is C10H13ClN4O3. The second-order valence-corrected chi connectivity index (χ2v) is 4.41. The van der Waals surface area contributed by atoms with Crippen LogP contribution in [0.1, 0.15) is 12.8 Å². The Morgan fingerprint density at radius 1 is 1.50 bits per heavy atom. The summed E-state index contributed by atoms with van der Waals surface area (Å²) in [6.07, 6.45) is 3.10. The van der Waals surface area contributed by atoms with Crippen LogP contribution in [0.3, 0.4) is 0 Å². The Morgan fingerprint density at radius 2 is 2.22 bits per heavy atom. The summed E-state index contributed by atoms with van der Waals surface area (Å²) < 4.78 is 5.25. The Hall–Kier alpha value is -1.47. The van der Waals surface area contributed by atoms with Crippen LogP contribution < -0.4 is 5.32 Å². The van der Waals surface area contributed by atoms with E-state index in [4.69, 9.17) is 16.3 Å². The normalized spacial score (nSPS) is 16.5. The summed E-state index contributed by atoms with van der Waals surface area (Å²) in [6, 6.07) is 0. The molecule has 98 valence electrons. The van der Waals surface area contributed by atoms with Crippen molar-refractivity contribution in [1.29, 1.82) is 0 Å². The van der Waals surface area contributed by atoms with Crippen molar-refractivity contribution in [3.05, 3.63) is 21.6 Å². The van der Waals surface area contributed by atoms with E-state index in [0.29, 0.717) is 12.5 Å². The van der Waals surface area contributed by atoms with Gasteiger partial charge in [-0.3, -0.25) is 10.1 Å². The van der Waals surface area contributed by atoms with Gasteiger partial charge in [0.2, 0.25) is 11.0 Å². The highest BCUT2D eigenvalue weighted by Gasteiger charge is 2.22. The monoisotopic (exact) mass is 272 g/mol. The van der Waals surface area contributed by atoms with Crippen LogP contribution in [-0.2, 0) is 4.74 Å². The minimum absolute atomic E-state index is 0.149. The van der Waals surface area contributed by atoms with Gasteiger partial charge < -0.3 is 10.1 Å². The summed E-state index contributed by atoms with van der Waals surface area (Å²) in [6.45, 7) is 2.09. The Bertz CT molecular complexity index is 437. The SMILES string of the molecule is O=[N+]([O-])c1c(Cl)ncnc1NCC1CCOCC1. The van der Waals surface area contributed by atoms with Crippen molar-refractivity contribution < 1.29 is 9.66 Å². The second-order valence-electron chi connectivity index (χ2n) is 4.06. The Morgan fingerprint density at radius 3 is 2.89 bits per heavy atom. The minimum atomic E-state index is -0.575. The second kappa shape index (κ2) is 5.92. The average molecular weight is 273 g/mol. The number of hydrogen-bond acceptors (Lipinski definition) is 6. The van der Waals surface area contributed by atoms with Gasteiger partial charge >= 0.3 is 5.69 Å². The number of ether oxygens (including phenoxy) is 1. The molecule has 0 aliphatic carbocycles. The van der Waals surface area contributed by atoms with Crippen molar-refractivity contribution in [2.24, 2.45) is 5.92 Å². The number of aromatic nitrogens is 2. The van der Waals surface area contributed by atoms with E-state index in [1.807, 2.05) is 0 Å². The highest BCUT2D eigenvalue weighted by molar-refractivity contribution is 6.31. The zero-order valence-corrected chi connectivity index (χ0v) is 10.4. The number of halogens is 1. The smallest absolute Gasteiger partial charge is 0.348 e. The molecule has 7 nitrogen and oxygen atoms in total. The first kappa shape index (κ1) is 13.0. The molecule has 0 aromatic carbocycles. The number of nitrogens with one attached hydrogen (secondary N) is 1. The first-order valence-corrected chi connectivity index (χ1v) is 6.02. The lowest BCUT2D eigenvalue weighted by molar-refractivity contribution is -0.384. The number of nitrogens with zero attached hydrogens (tertiary/aromatic N) is 3. The van der Waals surface area contributed by atoms with E-state index in [1.54, 1.807) is 0 Å². The van der Waals surface area contributed by atoms with Gasteiger partial charge in [0.25, 0.3) is 0 Å². The molecule has 2 rings (SSSR count). The zero-order chi connectivity index (χ0) is 13.0. The lowest BCUT2D eigenvalue weighted by Gasteiger charge is -2.22. The first-order valence-electron chi connectivity index (χ1n) is 5.65. The van der Waals surface area contributed by atoms with Crippen LogP contribution in [0, 0.1) is 16.0 Å². The predicted octanol–water partition coefficient (Wildman–Crippen LogP) is 1.88. The van der Waals surface area contributed by atoms with Crippen molar-refractivity contribution in [3.63, 3.8) is 0 Å². The van der Waals surface area contributed by atoms with E-state index in [-0.39, 0.29) is 16.7 Å². The van der Waals surface area contributed by atoms with Gasteiger partial charge in [0.05, 0.1) is 4.92 Å². The summed E-state index contributed by atoms with van der Waals surface area (Å²) in [4.78, 5) is 17.8. The van der Waals surface area contributed by atoms with Gasteiger partial charge in [0, 0.05) is 19.8 Å². The fourth-order valence-corrected chi connectivity index (χ4v) is 2.04. The predicted molar refractivity (Wildman–Crippen MR) is 65.7 cm³/mol. The minimum Gasteiger partial charge on any atom is -0.381 e. The molecule has 2 heterocycles. The van der Waals surface area contributed by atoms with E-state index < -0.39 is 4.92 Å². The summed E-state index contributed by atoms with van der Waals surface area (Å²) >= 11 is 5.69. The summed E-state index contributed by atoms with van der Waals surface area (Å²) in [5, 5.41) is 13.7. The molecule has 1 aliphatic heterocycles. The van der Waals surface area contributed by atoms with Gasteiger partial charge in [-0.1, -0.05) is 11.6 Å². The van der Waals surface area contributed by atoms with E-state index in [9.17, 15) is 10.1 Å². The topological polar surface area (TPSA) is 90.2 Å². The molecule has 1 saturated heterocycles. The van der Waals surface area contributed by atoms with Crippen molar-refractivity contribution in [3.8, 4) is 0 Å². The van der Waals surface area contributed by atoms with Crippen molar-refractivity contribution >= 4 is 23.1 Å². The fraction of sp³-hybridized carbons (Fsp3) is 0.600. The maximum atomic E-state index is 10.9. The quantitative estimate of drug-likeness (QED) is 0.511. The summed E-state index contributed by atoms with van der Waals surface area (Å²) in [5.74, 6) is 0.610. The summed E-state index contributed by atoms with van der Waals surface area (Å²) in [5.41, 5.74) is -0.272. The van der Waals surface area contributed by atoms with Crippen molar-refractivity contribution in [1.82, 2.24) is 9.97 Å². The molecular weight excluding hydrogens is 260 g/mol. The van der Waals surface area contributed by atoms with Crippen molar-refractivity contribution in [2.45, 2.75) is 12.8 Å². The molecule has 18 heavy (non-hydrogen) atoms. The lowest BCUT2D eigenvalue weighted by Crippen LogP contribution is -2.23. The molecule has 0 radical (unpaired) electrons. The third-order valence-corrected chi connectivity index (χ3v) is 3.14. The van der Waals surface area contributed by atoms with Crippen LogP contribution in [0.2, 0.25) is 5.15 Å². The highest BCUT2D eigenvalue weighted by atomic mass is 35.5. The molecule has 0 saturated carbocycles. The van der Waals surface area contributed by atoms with Crippen LogP contribution in [0.4, 0.5) is 11.5 Å². The van der Waals surface area contributed by atoms with Gasteiger partial charge in [-0.05, 0) is 18.8 Å². The molecule has 0 amide bonds. The van der Waals surface area contributed by atoms with Crippen LogP contribution in [0.15, 0.2) is 6.33 Å². The highest BCUT2D eigenvalue weighted by Crippen LogP contribution is 2.28. The molecule has 1 aromatic rings. The van der Waals surface area contributed by atoms with Gasteiger partial charge in [0.15, 0.2) is 0 Å². The van der Waals surface area contributed by atoms with Crippen LogP contribution >= 0.6 is 11.6 Å². The van der Waals surface area contributed by atoms with E-state index in [1.165, 1.54) is 6.33 Å².